The lowest BCUT2D eigenvalue weighted by atomic mass is 10.1. The molecule has 1 fully saturated rings. The number of hydrogen-bond acceptors (Lipinski definition) is 3. The Bertz CT molecular complexity index is 1030. The van der Waals surface area contributed by atoms with E-state index in [1.807, 2.05) is 0 Å². The number of carbonyl (C=O) groups excluding carboxylic acids is 1. The second-order valence-electron chi connectivity index (χ2n) is 7.43. The van der Waals surface area contributed by atoms with Crippen molar-refractivity contribution in [1.29, 1.82) is 0 Å². The van der Waals surface area contributed by atoms with E-state index in [4.69, 9.17) is 0 Å². The molecule has 2 aliphatic rings. The number of amides is 1. The zero-order valence-electron chi connectivity index (χ0n) is 15.8. The Labute approximate surface area is 164 Å². The highest BCUT2D eigenvalue weighted by molar-refractivity contribution is 7.89. The molecule has 0 saturated carbocycles. The summed E-state index contributed by atoms with van der Waals surface area (Å²) in [5.41, 5.74) is 2.31. The van der Waals surface area contributed by atoms with Crippen LogP contribution in [-0.4, -0.2) is 38.3 Å². The summed E-state index contributed by atoms with van der Waals surface area (Å²) >= 11 is 0. The average molecular weight is 402 g/mol. The molecule has 28 heavy (non-hydrogen) atoms. The highest BCUT2D eigenvalue weighted by Crippen LogP contribution is 2.33. The van der Waals surface area contributed by atoms with E-state index in [-0.39, 0.29) is 10.8 Å². The van der Waals surface area contributed by atoms with Crippen LogP contribution in [0.2, 0.25) is 0 Å². The Hall–Kier alpha value is -2.25. The summed E-state index contributed by atoms with van der Waals surface area (Å²) in [6.07, 6.45) is 3.42. The fourth-order valence-electron chi connectivity index (χ4n) is 3.89. The van der Waals surface area contributed by atoms with Crippen molar-refractivity contribution >= 4 is 21.6 Å². The van der Waals surface area contributed by atoms with Crippen LogP contribution in [0.3, 0.4) is 0 Å². The number of nitrogens with zero attached hydrogens (tertiary/aromatic N) is 2. The second-order valence-corrected chi connectivity index (χ2v) is 9.36. The molecule has 0 radical (unpaired) electrons. The van der Waals surface area contributed by atoms with E-state index in [0.29, 0.717) is 42.9 Å². The number of benzene rings is 2. The number of rotatable bonds is 3. The number of sulfonamides is 1. The van der Waals surface area contributed by atoms with Crippen molar-refractivity contribution in [2.75, 3.05) is 24.5 Å². The van der Waals surface area contributed by atoms with Crippen LogP contribution in [0.4, 0.5) is 10.1 Å². The zero-order valence-corrected chi connectivity index (χ0v) is 16.6. The van der Waals surface area contributed by atoms with E-state index in [9.17, 15) is 17.6 Å². The lowest BCUT2D eigenvalue weighted by Crippen LogP contribution is -2.35. The minimum atomic E-state index is -3.50. The summed E-state index contributed by atoms with van der Waals surface area (Å²) in [5.74, 6) is -0.683. The summed E-state index contributed by atoms with van der Waals surface area (Å²) in [6, 6.07) is 9.42. The fourth-order valence-corrected chi connectivity index (χ4v) is 5.45. The highest BCUT2D eigenvalue weighted by atomic mass is 32.2. The fraction of sp³-hybridized carbons (Fsp3) is 0.381. The largest absolute Gasteiger partial charge is 0.308 e. The maximum atomic E-state index is 13.8. The smallest absolute Gasteiger partial charge is 0.258 e. The highest BCUT2D eigenvalue weighted by Gasteiger charge is 2.30. The number of halogens is 1. The van der Waals surface area contributed by atoms with Crippen molar-refractivity contribution in [2.45, 2.75) is 37.5 Å². The van der Waals surface area contributed by atoms with Crippen LogP contribution in [0.25, 0.3) is 0 Å². The van der Waals surface area contributed by atoms with Gasteiger partial charge in [0.05, 0.1) is 4.90 Å². The molecule has 2 aromatic rings. The molecule has 2 aromatic carbocycles. The lowest BCUT2D eigenvalue weighted by molar-refractivity contribution is 0.0989. The van der Waals surface area contributed by atoms with Gasteiger partial charge >= 0.3 is 0 Å². The zero-order chi connectivity index (χ0) is 19.9. The average Bonchev–Trinajstić information content (AvgIpc) is 3.13. The number of carbonyl (C=O) groups is 1. The Balaban J connectivity index is 1.61. The van der Waals surface area contributed by atoms with Gasteiger partial charge in [-0.1, -0.05) is 12.5 Å². The molecule has 0 bridgehead atoms. The Kier molecular flexibility index (Phi) is 4.97. The van der Waals surface area contributed by atoms with E-state index in [1.54, 1.807) is 46.5 Å². The Morgan fingerprint density at radius 1 is 1.00 bits per heavy atom. The first kappa shape index (κ1) is 19.1. The molecule has 0 unspecified atom stereocenters. The van der Waals surface area contributed by atoms with E-state index in [0.717, 1.165) is 24.8 Å². The third kappa shape index (κ3) is 3.33. The topological polar surface area (TPSA) is 57.7 Å². The molecular weight excluding hydrogens is 379 g/mol. The van der Waals surface area contributed by atoms with Gasteiger partial charge in [-0.2, -0.15) is 4.31 Å². The molecule has 0 atom stereocenters. The number of aryl methyl sites for hydroxylation is 1. The van der Waals surface area contributed by atoms with Gasteiger partial charge < -0.3 is 4.90 Å². The van der Waals surface area contributed by atoms with Crippen LogP contribution >= 0.6 is 0 Å². The number of hydrogen-bond donors (Lipinski definition) is 0. The Morgan fingerprint density at radius 3 is 2.46 bits per heavy atom. The van der Waals surface area contributed by atoms with Crippen molar-refractivity contribution < 1.29 is 17.6 Å². The van der Waals surface area contributed by atoms with Gasteiger partial charge in [0.1, 0.15) is 5.82 Å². The minimum Gasteiger partial charge on any atom is -0.308 e. The van der Waals surface area contributed by atoms with E-state index in [2.05, 4.69) is 0 Å². The molecule has 2 aliphatic heterocycles. The van der Waals surface area contributed by atoms with Gasteiger partial charge in [-0.3, -0.25) is 4.79 Å². The maximum Gasteiger partial charge on any atom is 0.258 e. The summed E-state index contributed by atoms with van der Waals surface area (Å²) in [4.78, 5) is 14.7. The summed E-state index contributed by atoms with van der Waals surface area (Å²) in [6.45, 7) is 3.22. The molecule has 0 spiro atoms. The quantitative estimate of drug-likeness (QED) is 0.789. The van der Waals surface area contributed by atoms with Gasteiger partial charge in [-0.05, 0) is 67.6 Å². The first-order chi connectivity index (χ1) is 13.4. The molecule has 1 saturated heterocycles. The van der Waals surface area contributed by atoms with Crippen molar-refractivity contribution in [2.24, 2.45) is 0 Å². The van der Waals surface area contributed by atoms with Gasteiger partial charge in [-0.15, -0.1) is 0 Å². The van der Waals surface area contributed by atoms with E-state index < -0.39 is 15.8 Å². The third-order valence-electron chi connectivity index (χ3n) is 5.56. The molecule has 0 N–H and O–H groups in total. The lowest BCUT2D eigenvalue weighted by Gasteiger charge is -2.26. The monoisotopic (exact) mass is 402 g/mol. The van der Waals surface area contributed by atoms with Gasteiger partial charge in [0, 0.05) is 30.9 Å². The van der Waals surface area contributed by atoms with Crippen LogP contribution in [-0.2, 0) is 16.4 Å². The molecule has 2 heterocycles. The predicted octanol–water partition coefficient (Wildman–Crippen LogP) is 3.51. The van der Waals surface area contributed by atoms with Crippen LogP contribution in [0.15, 0.2) is 41.3 Å². The van der Waals surface area contributed by atoms with Crippen LogP contribution in [0.5, 0.6) is 0 Å². The number of fused-ring (bicyclic) bond motifs is 1. The maximum absolute atomic E-state index is 13.8. The molecular formula is C21H23FN2O3S. The van der Waals surface area contributed by atoms with E-state index >= 15 is 0 Å². The number of anilines is 1. The van der Waals surface area contributed by atoms with Crippen LogP contribution < -0.4 is 4.90 Å². The van der Waals surface area contributed by atoms with E-state index in [1.165, 1.54) is 6.07 Å². The first-order valence-electron chi connectivity index (χ1n) is 9.59. The SMILES string of the molecule is Cc1ccc(C(=O)N2CCc3cc(S(=O)(=O)N4CCCCC4)ccc32)cc1F. The van der Waals surface area contributed by atoms with Crippen molar-refractivity contribution in [3.05, 3.63) is 58.9 Å². The van der Waals surface area contributed by atoms with Crippen LogP contribution in [0.1, 0.15) is 40.7 Å². The minimum absolute atomic E-state index is 0.274. The second kappa shape index (κ2) is 7.29. The number of piperidine rings is 1. The van der Waals surface area contributed by atoms with Crippen LogP contribution in [0, 0.1) is 12.7 Å². The molecule has 148 valence electrons. The first-order valence-corrected chi connectivity index (χ1v) is 11.0. The summed E-state index contributed by atoms with van der Waals surface area (Å²) in [7, 11) is -3.50. The van der Waals surface area contributed by atoms with Gasteiger partial charge in [0.25, 0.3) is 5.91 Å². The van der Waals surface area contributed by atoms with Gasteiger partial charge in [-0.25, -0.2) is 12.8 Å². The molecule has 5 nitrogen and oxygen atoms in total. The van der Waals surface area contributed by atoms with Gasteiger partial charge in [0.15, 0.2) is 0 Å². The Morgan fingerprint density at radius 2 is 1.75 bits per heavy atom. The molecule has 0 aliphatic carbocycles. The normalized spacial score (nSPS) is 17.6. The van der Waals surface area contributed by atoms with Gasteiger partial charge in [0.2, 0.25) is 10.0 Å². The summed E-state index contributed by atoms with van der Waals surface area (Å²) in [5, 5.41) is 0. The van der Waals surface area contributed by atoms with Crippen molar-refractivity contribution in [3.8, 4) is 0 Å². The molecule has 1 amide bonds. The summed E-state index contributed by atoms with van der Waals surface area (Å²) < 4.78 is 41.2. The standard InChI is InChI=1S/C21H23FN2O3S/c1-15-5-6-17(14-19(15)22)21(25)24-12-9-16-13-18(7-8-20(16)24)28(26,27)23-10-3-2-4-11-23/h5-8,13-14H,2-4,9-12H2,1H3. The molecule has 4 rings (SSSR count). The van der Waals surface area contributed by atoms with Crippen molar-refractivity contribution in [3.63, 3.8) is 0 Å². The third-order valence-corrected chi connectivity index (χ3v) is 7.46. The molecule has 0 aromatic heterocycles. The van der Waals surface area contributed by atoms with Crippen molar-refractivity contribution in [1.82, 2.24) is 4.31 Å². The predicted molar refractivity (Wildman–Crippen MR) is 106 cm³/mol. The molecule has 7 heteroatoms.